The topological polar surface area (TPSA) is 83.6 Å². The first-order chi connectivity index (χ1) is 9.41. The molecule has 3 amide bonds. The van der Waals surface area contributed by atoms with Gasteiger partial charge in [0.1, 0.15) is 15.4 Å². The van der Waals surface area contributed by atoms with E-state index in [2.05, 4.69) is 5.32 Å². The molecule has 0 bridgehead atoms. The quantitative estimate of drug-likeness (QED) is 0.770. The zero-order valence-corrected chi connectivity index (χ0v) is 12.7. The molecule has 2 fully saturated rings. The van der Waals surface area contributed by atoms with E-state index in [-0.39, 0.29) is 23.4 Å². The lowest BCUT2D eigenvalue weighted by molar-refractivity contribution is -0.128. The van der Waals surface area contributed by atoms with Crippen LogP contribution in [0.3, 0.4) is 0 Å². The fourth-order valence-electron chi connectivity index (χ4n) is 3.13. The maximum Gasteiger partial charge on any atom is 0.325 e. The number of amides is 3. The molecule has 1 heterocycles. The third-order valence-corrected chi connectivity index (χ3v) is 6.15. The summed E-state index contributed by atoms with van der Waals surface area (Å²) in [6.07, 6.45) is 4.71. The highest BCUT2D eigenvalue weighted by atomic mass is 32.2. The van der Waals surface area contributed by atoms with E-state index in [9.17, 15) is 18.0 Å². The third kappa shape index (κ3) is 2.82. The zero-order valence-electron chi connectivity index (χ0n) is 11.9. The van der Waals surface area contributed by atoms with Gasteiger partial charge in [0.15, 0.2) is 0 Å². The average molecular weight is 302 g/mol. The second kappa shape index (κ2) is 5.71. The van der Waals surface area contributed by atoms with Crippen LogP contribution in [0.5, 0.6) is 0 Å². The highest BCUT2D eigenvalue weighted by Crippen LogP contribution is 2.37. The van der Waals surface area contributed by atoms with Gasteiger partial charge in [0.25, 0.3) is 5.91 Å². The van der Waals surface area contributed by atoms with Crippen LogP contribution in [0, 0.1) is 0 Å². The fraction of sp³-hybridized carbons (Fsp3) is 0.846. The van der Waals surface area contributed by atoms with E-state index in [0.29, 0.717) is 25.8 Å². The molecule has 1 N–H and O–H groups in total. The van der Waals surface area contributed by atoms with E-state index in [1.54, 1.807) is 11.8 Å². The van der Waals surface area contributed by atoms with Crippen LogP contribution in [0.4, 0.5) is 4.79 Å². The number of nitrogens with zero attached hydrogens (tertiary/aromatic N) is 1. The fourth-order valence-corrected chi connectivity index (χ4v) is 3.99. The molecule has 2 rings (SSSR count). The Labute approximate surface area is 119 Å². The minimum atomic E-state index is -3.03. The van der Waals surface area contributed by atoms with Gasteiger partial charge in [-0.1, -0.05) is 26.2 Å². The summed E-state index contributed by atoms with van der Waals surface area (Å²) in [5, 5.41) is 2.39. The smallest absolute Gasteiger partial charge is 0.310 e. The van der Waals surface area contributed by atoms with E-state index in [1.807, 2.05) is 0 Å². The molecule has 0 radical (unpaired) electrons. The molecular weight excluding hydrogens is 280 g/mol. The van der Waals surface area contributed by atoms with E-state index >= 15 is 0 Å². The van der Waals surface area contributed by atoms with Gasteiger partial charge in [-0.25, -0.2) is 13.2 Å². The van der Waals surface area contributed by atoms with Crippen molar-refractivity contribution in [2.45, 2.75) is 51.0 Å². The van der Waals surface area contributed by atoms with E-state index in [4.69, 9.17) is 0 Å². The Kier molecular flexibility index (Phi) is 4.36. The molecular formula is C13H22N2O4S. The Hall–Kier alpha value is -1.11. The van der Waals surface area contributed by atoms with Crippen molar-refractivity contribution < 1.29 is 18.0 Å². The van der Waals surface area contributed by atoms with Crippen LogP contribution in [-0.4, -0.2) is 48.8 Å². The van der Waals surface area contributed by atoms with Gasteiger partial charge in [0.2, 0.25) is 0 Å². The van der Waals surface area contributed by atoms with Gasteiger partial charge in [-0.05, 0) is 19.3 Å². The predicted octanol–water partition coefficient (Wildman–Crippen LogP) is 1.07. The molecule has 0 aromatic rings. The van der Waals surface area contributed by atoms with E-state index in [0.717, 1.165) is 19.3 Å². The molecule has 0 aromatic heterocycles. The average Bonchev–Trinajstić information content (AvgIpc) is 2.64. The van der Waals surface area contributed by atoms with Crippen LogP contribution in [0.15, 0.2) is 0 Å². The van der Waals surface area contributed by atoms with Gasteiger partial charge in [-0.2, -0.15) is 0 Å². The summed E-state index contributed by atoms with van der Waals surface area (Å²) in [5.74, 6) is -0.0265. The minimum absolute atomic E-state index is 0.0670. The van der Waals surface area contributed by atoms with E-state index in [1.165, 1.54) is 0 Å². The summed E-state index contributed by atoms with van der Waals surface area (Å²) in [4.78, 5) is 25.6. The molecule has 114 valence electrons. The summed E-state index contributed by atoms with van der Waals surface area (Å²) in [7, 11) is -3.03. The Morgan fingerprint density at radius 3 is 2.45 bits per heavy atom. The molecule has 6 nitrogen and oxygen atoms in total. The summed E-state index contributed by atoms with van der Waals surface area (Å²) < 4.78 is 23.0. The van der Waals surface area contributed by atoms with Crippen molar-refractivity contribution in [2.75, 3.05) is 18.1 Å². The van der Waals surface area contributed by atoms with Gasteiger partial charge in [0, 0.05) is 12.3 Å². The van der Waals surface area contributed by atoms with Crippen molar-refractivity contribution in [1.29, 1.82) is 0 Å². The van der Waals surface area contributed by atoms with Gasteiger partial charge in [0.05, 0.1) is 5.75 Å². The molecule has 1 aliphatic heterocycles. The molecule has 1 aliphatic carbocycles. The second-order valence-electron chi connectivity index (χ2n) is 5.59. The van der Waals surface area contributed by atoms with Crippen LogP contribution in [0.25, 0.3) is 0 Å². The normalized spacial score (nSPS) is 22.4. The number of sulfone groups is 1. The van der Waals surface area contributed by atoms with Crippen molar-refractivity contribution in [1.82, 2.24) is 10.2 Å². The lowest BCUT2D eigenvalue weighted by Crippen LogP contribution is -2.51. The standard InChI is InChI=1S/C13H22N2O4S/c1-2-20(18,19)10-6-9-15-12(17)14-11(16)13(15)7-4-3-5-8-13/h2-10H2,1H3,(H,14,16,17). The second-order valence-corrected chi connectivity index (χ2v) is 8.07. The molecule has 0 aromatic carbocycles. The van der Waals surface area contributed by atoms with Gasteiger partial charge >= 0.3 is 6.03 Å². The molecule has 7 heteroatoms. The van der Waals surface area contributed by atoms with Crippen LogP contribution < -0.4 is 5.32 Å². The largest absolute Gasteiger partial charge is 0.325 e. The van der Waals surface area contributed by atoms with E-state index < -0.39 is 15.4 Å². The minimum Gasteiger partial charge on any atom is -0.310 e. The zero-order chi connectivity index (χ0) is 14.8. The molecule has 0 atom stereocenters. The first kappa shape index (κ1) is 15.3. The van der Waals surface area contributed by atoms with Crippen LogP contribution >= 0.6 is 0 Å². The lowest BCUT2D eigenvalue weighted by Gasteiger charge is -2.38. The van der Waals surface area contributed by atoms with Crippen LogP contribution in [0.2, 0.25) is 0 Å². The third-order valence-electron chi connectivity index (χ3n) is 4.36. The van der Waals surface area contributed by atoms with Crippen molar-refractivity contribution in [2.24, 2.45) is 0 Å². The highest BCUT2D eigenvalue weighted by molar-refractivity contribution is 7.91. The monoisotopic (exact) mass is 302 g/mol. The summed E-state index contributed by atoms with van der Waals surface area (Å²) in [5.41, 5.74) is -0.717. The SMILES string of the molecule is CCS(=O)(=O)CCCN1C(=O)NC(=O)C12CCCCC2. The molecule has 20 heavy (non-hydrogen) atoms. The number of carbonyl (C=O) groups is 2. The highest BCUT2D eigenvalue weighted by Gasteiger charge is 2.52. The molecule has 1 saturated heterocycles. The maximum atomic E-state index is 12.1. The van der Waals surface area contributed by atoms with Crippen molar-refractivity contribution >= 4 is 21.8 Å². The number of hydrogen-bond donors (Lipinski definition) is 1. The number of rotatable bonds is 5. The van der Waals surface area contributed by atoms with Crippen LogP contribution in [-0.2, 0) is 14.6 Å². The van der Waals surface area contributed by atoms with Gasteiger partial charge in [-0.3, -0.25) is 10.1 Å². The Balaban J connectivity index is 2.04. The number of urea groups is 1. The number of imide groups is 1. The van der Waals surface area contributed by atoms with Crippen LogP contribution in [0.1, 0.15) is 45.4 Å². The number of nitrogens with one attached hydrogen (secondary N) is 1. The molecule has 2 aliphatic rings. The Morgan fingerprint density at radius 1 is 1.20 bits per heavy atom. The lowest BCUT2D eigenvalue weighted by atomic mass is 9.80. The van der Waals surface area contributed by atoms with Crippen molar-refractivity contribution in [3.05, 3.63) is 0 Å². The maximum absolute atomic E-state index is 12.1. The Morgan fingerprint density at radius 2 is 1.85 bits per heavy atom. The number of hydrogen-bond acceptors (Lipinski definition) is 4. The first-order valence-corrected chi connectivity index (χ1v) is 9.07. The van der Waals surface area contributed by atoms with Crippen molar-refractivity contribution in [3.63, 3.8) is 0 Å². The predicted molar refractivity (Wildman–Crippen MR) is 75.0 cm³/mol. The summed E-state index contributed by atoms with van der Waals surface area (Å²) in [6.45, 7) is 1.95. The van der Waals surface area contributed by atoms with Gasteiger partial charge in [-0.15, -0.1) is 0 Å². The summed E-state index contributed by atoms with van der Waals surface area (Å²) >= 11 is 0. The first-order valence-electron chi connectivity index (χ1n) is 7.25. The molecule has 1 spiro atoms. The van der Waals surface area contributed by atoms with Crippen molar-refractivity contribution in [3.8, 4) is 0 Å². The Bertz CT molecular complexity index is 495. The van der Waals surface area contributed by atoms with Gasteiger partial charge < -0.3 is 4.90 Å². The molecule has 1 saturated carbocycles. The summed E-state index contributed by atoms with van der Waals surface area (Å²) in [6, 6.07) is -0.370. The molecule has 0 unspecified atom stereocenters. The number of carbonyl (C=O) groups excluding carboxylic acids is 2.